The minimum Gasteiger partial charge on any atom is -0.503 e. The van der Waals surface area contributed by atoms with Crippen LogP contribution in [-0.4, -0.2) is 40.4 Å². The first-order chi connectivity index (χ1) is 9.97. The van der Waals surface area contributed by atoms with E-state index in [1.807, 2.05) is 0 Å². The van der Waals surface area contributed by atoms with Gasteiger partial charge in [0, 0.05) is 19.0 Å². The number of amides is 2. The number of nitrogens with one attached hydrogen (secondary N) is 1. The predicted octanol–water partition coefficient (Wildman–Crippen LogP) is 1.16. The van der Waals surface area contributed by atoms with Gasteiger partial charge in [0.15, 0.2) is 17.4 Å². The maximum Gasteiger partial charge on any atom is 0.254 e. The van der Waals surface area contributed by atoms with Gasteiger partial charge in [-0.25, -0.2) is 8.78 Å². The van der Waals surface area contributed by atoms with E-state index < -0.39 is 34.9 Å². The van der Waals surface area contributed by atoms with Crippen molar-refractivity contribution in [1.29, 1.82) is 0 Å². The number of aromatic hydroxyl groups is 1. The summed E-state index contributed by atoms with van der Waals surface area (Å²) in [6.45, 7) is 0.407. The Kier molecular flexibility index (Phi) is 3.27. The summed E-state index contributed by atoms with van der Waals surface area (Å²) in [5, 5.41) is 11.7. The average Bonchev–Trinajstić information content (AvgIpc) is 3.21. The fraction of sp³-hybridized carbons (Fsp3) is 0.429. The molecule has 1 heterocycles. The molecule has 3 rings (SSSR count). The Labute approximate surface area is 119 Å². The third-order valence-corrected chi connectivity index (χ3v) is 3.79. The first-order valence-electron chi connectivity index (χ1n) is 6.74. The topological polar surface area (TPSA) is 69.6 Å². The standard InChI is InChI=1S/C14H14F2N2O3/c15-10-4-3-9(12(16)13(10)20)14(21)17-7-5-11(19)18(6-7)8-1-2-8/h3-4,7-8,20H,1-2,5-6H2,(H,17,21). The van der Waals surface area contributed by atoms with Crippen LogP contribution in [-0.2, 0) is 4.79 Å². The van der Waals surface area contributed by atoms with Crippen LogP contribution in [0.25, 0.3) is 0 Å². The van der Waals surface area contributed by atoms with E-state index in [4.69, 9.17) is 5.11 Å². The van der Waals surface area contributed by atoms with Gasteiger partial charge in [-0.2, -0.15) is 0 Å². The van der Waals surface area contributed by atoms with Crippen LogP contribution >= 0.6 is 0 Å². The number of rotatable bonds is 3. The van der Waals surface area contributed by atoms with Gasteiger partial charge in [-0.1, -0.05) is 0 Å². The second-order valence-corrected chi connectivity index (χ2v) is 5.41. The van der Waals surface area contributed by atoms with Gasteiger partial charge < -0.3 is 15.3 Å². The zero-order chi connectivity index (χ0) is 15.1. The van der Waals surface area contributed by atoms with Gasteiger partial charge in [-0.3, -0.25) is 9.59 Å². The SMILES string of the molecule is O=C(NC1CC(=O)N(C2CC2)C1)c1ccc(F)c(O)c1F. The molecule has 1 aliphatic heterocycles. The van der Waals surface area contributed by atoms with E-state index in [1.54, 1.807) is 4.90 Å². The summed E-state index contributed by atoms with van der Waals surface area (Å²) in [4.78, 5) is 25.5. The maximum absolute atomic E-state index is 13.7. The number of benzene rings is 1. The highest BCUT2D eigenvalue weighted by Crippen LogP contribution is 2.30. The van der Waals surface area contributed by atoms with Crippen molar-refractivity contribution in [3.8, 4) is 5.75 Å². The number of hydrogen-bond acceptors (Lipinski definition) is 3. The lowest BCUT2D eigenvalue weighted by Crippen LogP contribution is -2.38. The van der Waals surface area contributed by atoms with Crippen LogP contribution in [0.2, 0.25) is 0 Å². The van der Waals surface area contributed by atoms with Crippen LogP contribution in [0.4, 0.5) is 8.78 Å². The van der Waals surface area contributed by atoms with Crippen molar-refractivity contribution < 1.29 is 23.5 Å². The number of likely N-dealkylation sites (tertiary alicyclic amines) is 1. The molecule has 2 amide bonds. The Hall–Kier alpha value is -2.18. The van der Waals surface area contributed by atoms with Gasteiger partial charge in [-0.15, -0.1) is 0 Å². The normalized spacial score (nSPS) is 21.7. The number of phenols is 1. The number of hydrogen-bond donors (Lipinski definition) is 2. The van der Waals surface area contributed by atoms with Gasteiger partial charge >= 0.3 is 0 Å². The highest BCUT2D eigenvalue weighted by molar-refractivity contribution is 5.95. The van der Waals surface area contributed by atoms with Crippen LogP contribution in [0.1, 0.15) is 29.6 Å². The minimum atomic E-state index is -1.30. The van der Waals surface area contributed by atoms with E-state index in [9.17, 15) is 18.4 Å². The van der Waals surface area contributed by atoms with Crippen molar-refractivity contribution >= 4 is 11.8 Å². The van der Waals surface area contributed by atoms with E-state index in [-0.39, 0.29) is 18.4 Å². The van der Waals surface area contributed by atoms with E-state index in [2.05, 4.69) is 5.32 Å². The quantitative estimate of drug-likeness (QED) is 0.879. The zero-order valence-corrected chi connectivity index (χ0v) is 11.1. The molecule has 0 spiro atoms. The van der Waals surface area contributed by atoms with E-state index >= 15 is 0 Å². The van der Waals surface area contributed by atoms with Crippen molar-refractivity contribution in [3.05, 3.63) is 29.3 Å². The van der Waals surface area contributed by atoms with Crippen molar-refractivity contribution in [2.24, 2.45) is 0 Å². The molecule has 0 aromatic heterocycles. The molecule has 112 valence electrons. The number of carbonyl (C=O) groups is 2. The number of phenolic OH excluding ortho intramolecular Hbond substituents is 1. The molecule has 0 bridgehead atoms. The summed E-state index contributed by atoms with van der Waals surface area (Å²) >= 11 is 0. The molecule has 7 heteroatoms. The average molecular weight is 296 g/mol. The maximum atomic E-state index is 13.7. The third-order valence-electron chi connectivity index (χ3n) is 3.79. The fourth-order valence-corrected chi connectivity index (χ4v) is 2.55. The molecule has 21 heavy (non-hydrogen) atoms. The molecule has 1 unspecified atom stereocenters. The van der Waals surface area contributed by atoms with Gasteiger partial charge in [0.2, 0.25) is 5.91 Å². The monoisotopic (exact) mass is 296 g/mol. The Morgan fingerprint density at radius 2 is 2.05 bits per heavy atom. The Morgan fingerprint density at radius 3 is 2.71 bits per heavy atom. The van der Waals surface area contributed by atoms with Crippen LogP contribution in [0.15, 0.2) is 12.1 Å². The summed E-state index contributed by atoms with van der Waals surface area (Å²) < 4.78 is 26.6. The Balaban J connectivity index is 1.70. The number of nitrogens with zero attached hydrogens (tertiary/aromatic N) is 1. The van der Waals surface area contributed by atoms with Gasteiger partial charge in [0.05, 0.1) is 11.6 Å². The first kappa shape index (κ1) is 13.8. The fourth-order valence-electron chi connectivity index (χ4n) is 2.55. The molecular formula is C14H14F2N2O3. The molecule has 2 fully saturated rings. The van der Waals surface area contributed by atoms with Crippen molar-refractivity contribution in [3.63, 3.8) is 0 Å². The van der Waals surface area contributed by atoms with Crippen molar-refractivity contribution in [1.82, 2.24) is 10.2 Å². The minimum absolute atomic E-state index is 0.0229. The molecule has 1 atom stereocenters. The molecule has 1 aromatic rings. The van der Waals surface area contributed by atoms with E-state index in [1.165, 1.54) is 0 Å². The van der Waals surface area contributed by atoms with Crippen molar-refractivity contribution in [2.75, 3.05) is 6.54 Å². The van der Waals surface area contributed by atoms with Crippen molar-refractivity contribution in [2.45, 2.75) is 31.3 Å². The van der Waals surface area contributed by atoms with Gasteiger partial charge in [0.1, 0.15) is 0 Å². The first-order valence-corrected chi connectivity index (χ1v) is 6.74. The molecule has 0 radical (unpaired) electrons. The van der Waals surface area contributed by atoms with Crippen LogP contribution in [0.5, 0.6) is 5.75 Å². The summed E-state index contributed by atoms with van der Waals surface area (Å²) in [6, 6.07) is 1.67. The molecule has 2 aliphatic rings. The Morgan fingerprint density at radius 1 is 1.33 bits per heavy atom. The van der Waals surface area contributed by atoms with Crippen LogP contribution in [0, 0.1) is 11.6 Å². The highest BCUT2D eigenvalue weighted by Gasteiger charge is 2.39. The molecule has 1 saturated heterocycles. The molecule has 1 saturated carbocycles. The molecule has 1 aromatic carbocycles. The largest absolute Gasteiger partial charge is 0.503 e. The highest BCUT2D eigenvalue weighted by atomic mass is 19.1. The second-order valence-electron chi connectivity index (χ2n) is 5.41. The lowest BCUT2D eigenvalue weighted by atomic mass is 10.1. The van der Waals surface area contributed by atoms with Gasteiger partial charge in [-0.05, 0) is 25.0 Å². The molecule has 5 nitrogen and oxygen atoms in total. The predicted molar refractivity (Wildman–Crippen MR) is 68.6 cm³/mol. The summed E-state index contributed by atoms with van der Waals surface area (Å²) in [6.07, 6.45) is 2.14. The number of halogens is 2. The molecular weight excluding hydrogens is 282 g/mol. The third kappa shape index (κ3) is 2.55. The number of carbonyl (C=O) groups excluding carboxylic acids is 2. The smallest absolute Gasteiger partial charge is 0.254 e. The van der Waals surface area contributed by atoms with Crippen LogP contribution in [0.3, 0.4) is 0 Å². The van der Waals surface area contributed by atoms with Gasteiger partial charge in [0.25, 0.3) is 5.91 Å². The summed E-state index contributed by atoms with van der Waals surface area (Å²) in [5.41, 5.74) is -0.439. The second kappa shape index (κ2) is 4.98. The molecule has 1 aliphatic carbocycles. The lowest BCUT2D eigenvalue weighted by molar-refractivity contribution is -0.128. The van der Waals surface area contributed by atoms with E-state index in [0.717, 1.165) is 25.0 Å². The zero-order valence-electron chi connectivity index (χ0n) is 11.1. The molecule has 2 N–H and O–H groups in total. The lowest BCUT2D eigenvalue weighted by Gasteiger charge is -2.16. The van der Waals surface area contributed by atoms with Crippen LogP contribution < -0.4 is 5.32 Å². The Bertz CT molecular complexity index is 616. The van der Waals surface area contributed by atoms with E-state index in [0.29, 0.717) is 6.54 Å². The summed E-state index contributed by atoms with van der Waals surface area (Å²) in [5.74, 6) is -4.39. The summed E-state index contributed by atoms with van der Waals surface area (Å²) in [7, 11) is 0.